The van der Waals surface area contributed by atoms with Gasteiger partial charge >= 0.3 is 0 Å². The molecule has 0 fully saturated rings. The summed E-state index contributed by atoms with van der Waals surface area (Å²) >= 11 is 0. The van der Waals surface area contributed by atoms with Crippen molar-refractivity contribution in [2.75, 3.05) is 27.7 Å². The average molecular weight is 281 g/mol. The van der Waals surface area contributed by atoms with Crippen molar-refractivity contribution in [3.63, 3.8) is 0 Å². The van der Waals surface area contributed by atoms with E-state index in [1.54, 1.807) is 7.05 Å². The van der Waals surface area contributed by atoms with Crippen molar-refractivity contribution in [3.05, 3.63) is 23.9 Å². The molecule has 0 aliphatic rings. The number of unbranched alkanes of at least 4 members (excludes halogenated alkanes) is 2. The molecule has 0 spiro atoms. The van der Waals surface area contributed by atoms with E-state index in [0.29, 0.717) is 0 Å². The van der Waals surface area contributed by atoms with Crippen molar-refractivity contribution >= 4 is 5.84 Å². The van der Waals surface area contributed by atoms with E-state index in [1.165, 1.54) is 31.4 Å². The summed E-state index contributed by atoms with van der Waals surface area (Å²) in [4.78, 5) is 6.30. The van der Waals surface area contributed by atoms with Crippen LogP contribution in [0.15, 0.2) is 28.9 Å². The topological polar surface area (TPSA) is 27.6 Å². The van der Waals surface area contributed by atoms with Gasteiger partial charge in [-0.2, -0.15) is 0 Å². The zero-order valence-electron chi connectivity index (χ0n) is 14.7. The van der Waals surface area contributed by atoms with Crippen molar-refractivity contribution in [2.24, 2.45) is 4.99 Å². The minimum atomic E-state index is 0.933. The molecule has 0 aromatic heterocycles. The van der Waals surface area contributed by atoms with Crippen LogP contribution in [0.5, 0.6) is 0 Å². The molecular weight excluding hydrogens is 246 g/mol. The minimum absolute atomic E-state index is 0.933. The molecule has 1 N–H and O–H groups in total. The molecule has 0 rings (SSSR count). The van der Waals surface area contributed by atoms with Crippen LogP contribution in [0, 0.1) is 0 Å². The van der Waals surface area contributed by atoms with Gasteiger partial charge in [0.05, 0.1) is 5.84 Å². The normalized spacial score (nSPS) is 12.0. The third-order valence-electron chi connectivity index (χ3n) is 2.74. The lowest BCUT2D eigenvalue weighted by Gasteiger charge is -2.09. The van der Waals surface area contributed by atoms with E-state index in [4.69, 9.17) is 0 Å². The van der Waals surface area contributed by atoms with E-state index >= 15 is 0 Å². The lowest BCUT2D eigenvalue weighted by molar-refractivity contribution is 0.392. The van der Waals surface area contributed by atoms with Crippen molar-refractivity contribution in [2.45, 2.75) is 53.4 Å². The first-order chi connectivity index (χ1) is 9.45. The van der Waals surface area contributed by atoms with Crippen LogP contribution >= 0.6 is 0 Å². The van der Waals surface area contributed by atoms with Gasteiger partial charge in [0.15, 0.2) is 0 Å². The Morgan fingerprint density at radius 3 is 2.25 bits per heavy atom. The molecule has 0 unspecified atom stereocenters. The Morgan fingerprint density at radius 2 is 1.75 bits per heavy atom. The van der Waals surface area contributed by atoms with Crippen LogP contribution in [0.4, 0.5) is 0 Å². The number of hydrogen-bond donors (Lipinski definition) is 1. The van der Waals surface area contributed by atoms with E-state index in [9.17, 15) is 0 Å². The largest absolute Gasteiger partial charge is 0.348 e. The molecule has 3 heteroatoms. The van der Waals surface area contributed by atoms with Crippen molar-refractivity contribution < 1.29 is 0 Å². The fourth-order valence-corrected chi connectivity index (χ4v) is 1.71. The molecule has 118 valence electrons. The first kappa shape index (κ1) is 21.2. The quantitative estimate of drug-likeness (QED) is 0.312. The van der Waals surface area contributed by atoms with Crippen LogP contribution in [-0.2, 0) is 0 Å². The Kier molecular flexibility index (Phi) is 15.2. The van der Waals surface area contributed by atoms with Crippen molar-refractivity contribution in [1.29, 1.82) is 0 Å². The molecule has 0 saturated heterocycles. The first-order valence-corrected chi connectivity index (χ1v) is 7.67. The van der Waals surface area contributed by atoms with Gasteiger partial charge in [-0.3, -0.25) is 4.99 Å². The first-order valence-electron chi connectivity index (χ1n) is 7.67. The number of nitrogens with zero attached hydrogens (tertiary/aromatic N) is 2. The van der Waals surface area contributed by atoms with Gasteiger partial charge in [0.25, 0.3) is 0 Å². The van der Waals surface area contributed by atoms with E-state index in [-0.39, 0.29) is 0 Å². The smallest absolute Gasteiger partial charge is 0.0969 e. The summed E-state index contributed by atoms with van der Waals surface area (Å²) in [6.45, 7) is 13.3. The van der Waals surface area contributed by atoms with Gasteiger partial charge in [-0.25, -0.2) is 0 Å². The van der Waals surface area contributed by atoms with Gasteiger partial charge in [-0.05, 0) is 59.8 Å². The second-order valence-electron chi connectivity index (χ2n) is 5.03. The second-order valence-corrected chi connectivity index (χ2v) is 5.03. The average Bonchev–Trinajstić information content (AvgIpc) is 2.39. The minimum Gasteiger partial charge on any atom is -0.348 e. The van der Waals surface area contributed by atoms with Crippen LogP contribution in [0.2, 0.25) is 0 Å². The molecule has 0 saturated carbocycles. The Labute approximate surface area is 126 Å². The molecule has 0 aromatic rings. The predicted molar refractivity (Wildman–Crippen MR) is 93.4 cm³/mol. The van der Waals surface area contributed by atoms with Gasteiger partial charge in [0, 0.05) is 12.7 Å². The molecule has 0 aromatic carbocycles. The van der Waals surface area contributed by atoms with Crippen LogP contribution in [0.25, 0.3) is 0 Å². The summed E-state index contributed by atoms with van der Waals surface area (Å²) in [5.74, 6) is 0.933. The summed E-state index contributed by atoms with van der Waals surface area (Å²) in [7, 11) is 6.03. The monoisotopic (exact) mass is 281 g/mol. The summed E-state index contributed by atoms with van der Waals surface area (Å²) in [5.41, 5.74) is 2.30. The summed E-state index contributed by atoms with van der Waals surface area (Å²) < 4.78 is 0. The zero-order chi connectivity index (χ0) is 16.0. The van der Waals surface area contributed by atoms with Crippen molar-refractivity contribution in [3.8, 4) is 0 Å². The number of amidine groups is 1. The molecule has 0 aliphatic heterocycles. The predicted octanol–water partition coefficient (Wildman–Crippen LogP) is 4.23. The SMILES string of the molecule is C=C(/C=C(\C)NC(C)=NC)CCCCCN(C)C.CC. The standard InChI is InChI=1S/C15H29N3.C2H6/c1-13(10-8-7-9-11-18(5)6)12-14(2)17-15(3)16-4;1-2/h12H,1,7-11H2,2-6H3,(H,16,17);1-2H3/b14-12+;. The lowest BCUT2D eigenvalue weighted by atomic mass is 10.1. The second kappa shape index (κ2) is 14.3. The number of aliphatic imine (C=N–C) groups is 1. The summed E-state index contributed by atoms with van der Waals surface area (Å²) in [6.07, 6.45) is 6.95. The van der Waals surface area contributed by atoms with Gasteiger partial charge < -0.3 is 10.2 Å². The third-order valence-corrected chi connectivity index (χ3v) is 2.74. The van der Waals surface area contributed by atoms with E-state index in [0.717, 1.165) is 18.0 Å². The summed E-state index contributed by atoms with van der Waals surface area (Å²) in [6, 6.07) is 0. The molecule has 0 aliphatic carbocycles. The maximum atomic E-state index is 4.09. The van der Waals surface area contributed by atoms with Gasteiger partial charge in [0.2, 0.25) is 0 Å². The molecular formula is C17H35N3. The number of nitrogens with one attached hydrogen (secondary N) is 1. The molecule has 0 radical (unpaired) electrons. The Balaban J connectivity index is 0. The number of rotatable bonds is 8. The Morgan fingerprint density at radius 1 is 1.15 bits per heavy atom. The lowest BCUT2D eigenvalue weighted by Crippen LogP contribution is -2.17. The molecule has 20 heavy (non-hydrogen) atoms. The third kappa shape index (κ3) is 15.0. The Bertz CT molecular complexity index is 301. The van der Waals surface area contributed by atoms with Crippen molar-refractivity contribution in [1.82, 2.24) is 10.2 Å². The Hall–Kier alpha value is -1.09. The number of allylic oxidation sites excluding steroid dienone is 3. The van der Waals surface area contributed by atoms with Gasteiger partial charge in [0.1, 0.15) is 0 Å². The van der Waals surface area contributed by atoms with Gasteiger partial charge in [-0.15, -0.1) is 0 Å². The fourth-order valence-electron chi connectivity index (χ4n) is 1.71. The molecule has 0 bridgehead atoms. The van der Waals surface area contributed by atoms with E-state index in [1.807, 2.05) is 27.7 Å². The van der Waals surface area contributed by atoms with Crippen LogP contribution in [0.3, 0.4) is 0 Å². The highest BCUT2D eigenvalue weighted by molar-refractivity contribution is 5.80. The molecule has 3 nitrogen and oxygen atoms in total. The van der Waals surface area contributed by atoms with Crippen LogP contribution < -0.4 is 5.32 Å². The molecule has 0 atom stereocenters. The highest BCUT2D eigenvalue weighted by Gasteiger charge is 1.96. The number of hydrogen-bond acceptors (Lipinski definition) is 2. The fraction of sp³-hybridized carbons (Fsp3) is 0.706. The molecule has 0 heterocycles. The highest BCUT2D eigenvalue weighted by atomic mass is 15.0. The van der Waals surface area contributed by atoms with Crippen LogP contribution in [0.1, 0.15) is 53.4 Å². The summed E-state index contributed by atoms with van der Waals surface area (Å²) in [5, 5.41) is 3.22. The maximum Gasteiger partial charge on any atom is 0.0969 e. The van der Waals surface area contributed by atoms with Gasteiger partial charge in [-0.1, -0.05) is 32.4 Å². The van der Waals surface area contributed by atoms with E-state index < -0.39 is 0 Å². The maximum absolute atomic E-state index is 4.09. The highest BCUT2D eigenvalue weighted by Crippen LogP contribution is 2.10. The van der Waals surface area contributed by atoms with E-state index in [2.05, 4.69) is 42.0 Å². The molecule has 0 amide bonds. The zero-order valence-corrected chi connectivity index (χ0v) is 14.7. The van der Waals surface area contributed by atoms with Crippen LogP contribution in [-0.4, -0.2) is 38.4 Å².